The Morgan fingerprint density at radius 2 is 1.97 bits per heavy atom. The van der Waals surface area contributed by atoms with Crippen LogP contribution in [0, 0.1) is 12.3 Å². The van der Waals surface area contributed by atoms with E-state index in [1.807, 2.05) is 19.2 Å². The van der Waals surface area contributed by atoms with Gasteiger partial charge < -0.3 is 21.9 Å². The van der Waals surface area contributed by atoms with E-state index in [4.69, 9.17) is 23.0 Å². The zero-order valence-corrected chi connectivity index (χ0v) is 18.4. The fraction of sp³-hybridized carbons (Fsp3) is 0.304. The van der Waals surface area contributed by atoms with Crippen molar-refractivity contribution in [2.45, 2.75) is 31.6 Å². The molecular weight excluding hydrogens is 422 g/mol. The largest absolute Gasteiger partial charge is 0.481 e. The van der Waals surface area contributed by atoms with E-state index in [2.05, 4.69) is 31.2 Å². The Kier molecular flexibility index (Phi) is 9.67. The third-order valence-electron chi connectivity index (χ3n) is 4.68. The molecule has 2 heterocycles. The number of terminal acetylenes is 1. The minimum atomic E-state index is -0.722. The smallest absolute Gasteiger partial charge is 0.303 e. The molecule has 0 radical (unpaired) electrons. The van der Waals surface area contributed by atoms with Gasteiger partial charge in [-0.15, -0.1) is 12.3 Å². The summed E-state index contributed by atoms with van der Waals surface area (Å²) >= 11 is 0. The molecule has 1 unspecified atom stereocenters. The number of hydrogen-bond acceptors (Lipinski definition) is 9. The first-order valence-electron chi connectivity index (χ1n) is 10.3. The van der Waals surface area contributed by atoms with E-state index in [1.165, 1.54) is 0 Å². The highest BCUT2D eigenvalue weighted by molar-refractivity contribution is 5.81. The van der Waals surface area contributed by atoms with Crippen LogP contribution in [0.1, 0.15) is 46.8 Å². The molecule has 0 aliphatic heterocycles. The lowest BCUT2D eigenvalue weighted by molar-refractivity contribution is -0.137. The van der Waals surface area contributed by atoms with Gasteiger partial charge in [-0.2, -0.15) is 9.97 Å². The van der Waals surface area contributed by atoms with Gasteiger partial charge in [0.2, 0.25) is 5.95 Å². The zero-order chi connectivity index (χ0) is 24.2. The van der Waals surface area contributed by atoms with Crippen LogP contribution < -0.4 is 16.8 Å². The van der Waals surface area contributed by atoms with Crippen molar-refractivity contribution in [3.05, 3.63) is 47.3 Å². The highest BCUT2D eigenvalue weighted by Gasteiger charge is 2.15. The molecule has 0 spiro atoms. The van der Waals surface area contributed by atoms with Crippen LogP contribution in [-0.2, 0) is 11.2 Å². The van der Waals surface area contributed by atoms with Crippen LogP contribution in [-0.4, -0.2) is 50.9 Å². The number of hydrogen-bond donors (Lipinski definition) is 4. The molecule has 0 saturated heterocycles. The number of nitrogens with two attached hydrogens (primary N) is 2. The van der Waals surface area contributed by atoms with Gasteiger partial charge in [0.15, 0.2) is 17.0 Å². The quantitative estimate of drug-likeness (QED) is 0.215. The number of carboxylic acid groups (broad SMARTS) is 1. The lowest BCUT2D eigenvalue weighted by Gasteiger charge is -2.15. The molecule has 10 heteroatoms. The van der Waals surface area contributed by atoms with Crippen LogP contribution >= 0.6 is 0 Å². The Bertz CT molecular complexity index is 1130. The Morgan fingerprint density at radius 1 is 1.24 bits per heavy atom. The van der Waals surface area contributed by atoms with Gasteiger partial charge in [-0.25, -0.2) is 9.97 Å². The van der Waals surface area contributed by atoms with Crippen molar-refractivity contribution in [3.63, 3.8) is 0 Å². The number of aliphatic carboxylic acids is 1. The molecule has 0 fully saturated rings. The SMILES string of the molecule is C#CCC(Cc1cnc2nc(N)nc(N)c2n1)c1ccc(C=O)cc1.CNCCCC(=O)O. The summed E-state index contributed by atoms with van der Waals surface area (Å²) in [6.45, 7) is 0.784. The summed E-state index contributed by atoms with van der Waals surface area (Å²) in [5.41, 5.74) is 14.6. The Balaban J connectivity index is 0.000000414. The van der Waals surface area contributed by atoms with Crippen LogP contribution in [0.2, 0.25) is 0 Å². The summed E-state index contributed by atoms with van der Waals surface area (Å²) < 4.78 is 0. The van der Waals surface area contributed by atoms with Gasteiger partial charge in [-0.3, -0.25) is 9.59 Å². The molecule has 0 amide bonds. The van der Waals surface area contributed by atoms with E-state index in [0.717, 1.165) is 24.1 Å². The molecule has 0 aliphatic carbocycles. The first-order chi connectivity index (χ1) is 15.9. The maximum absolute atomic E-state index is 10.8. The number of nitrogen functional groups attached to an aromatic ring is 2. The van der Waals surface area contributed by atoms with Gasteiger partial charge in [0.1, 0.15) is 6.29 Å². The lowest BCUT2D eigenvalue weighted by Crippen LogP contribution is -2.09. The molecule has 3 aromatic rings. The lowest BCUT2D eigenvalue weighted by atomic mass is 9.91. The summed E-state index contributed by atoms with van der Waals surface area (Å²) in [5.74, 6) is 2.27. The number of nitrogens with one attached hydrogen (secondary N) is 1. The monoisotopic (exact) mass is 449 g/mol. The highest BCUT2D eigenvalue weighted by atomic mass is 16.4. The number of aldehydes is 1. The van der Waals surface area contributed by atoms with Crippen LogP contribution in [0.4, 0.5) is 11.8 Å². The number of carbonyl (C=O) groups excluding carboxylic acids is 1. The normalized spacial score (nSPS) is 11.2. The number of benzene rings is 1. The molecule has 0 aliphatic rings. The second-order valence-electron chi connectivity index (χ2n) is 7.20. The van der Waals surface area contributed by atoms with Gasteiger partial charge in [0.25, 0.3) is 0 Å². The molecular formula is C23H27N7O3. The number of carboxylic acids is 1. The first kappa shape index (κ1) is 25.2. The second-order valence-corrected chi connectivity index (χ2v) is 7.20. The standard InChI is InChI=1S/C18H16N6O.C5H11NO2/c1-2-3-13(12-6-4-11(10-25)5-7-12)8-14-9-21-17-15(22-14)16(19)23-18(20)24-17;1-6-4-2-3-5(7)8/h1,4-7,9-10,13H,3,8H2,(H4,19,20,21,23,24);6H,2-4H2,1H3,(H,7,8). The van der Waals surface area contributed by atoms with Crippen LogP contribution in [0.3, 0.4) is 0 Å². The molecule has 0 bridgehead atoms. The predicted molar refractivity (Wildman–Crippen MR) is 126 cm³/mol. The number of aromatic nitrogens is 4. The topological polar surface area (TPSA) is 170 Å². The fourth-order valence-electron chi connectivity index (χ4n) is 3.05. The second kappa shape index (κ2) is 12.7. The van der Waals surface area contributed by atoms with Crippen molar-refractivity contribution in [2.24, 2.45) is 0 Å². The van der Waals surface area contributed by atoms with Gasteiger partial charge >= 0.3 is 5.97 Å². The van der Waals surface area contributed by atoms with Crippen molar-refractivity contribution >= 4 is 35.2 Å². The molecule has 0 saturated carbocycles. The van der Waals surface area contributed by atoms with Gasteiger partial charge in [-0.05, 0) is 32.0 Å². The first-order valence-corrected chi connectivity index (χ1v) is 10.3. The Morgan fingerprint density at radius 3 is 2.58 bits per heavy atom. The highest BCUT2D eigenvalue weighted by Crippen LogP contribution is 2.25. The van der Waals surface area contributed by atoms with Crippen molar-refractivity contribution in [1.82, 2.24) is 25.3 Å². The number of carbonyl (C=O) groups is 2. The van der Waals surface area contributed by atoms with Gasteiger partial charge in [-0.1, -0.05) is 24.3 Å². The fourth-order valence-corrected chi connectivity index (χ4v) is 3.05. The third-order valence-corrected chi connectivity index (χ3v) is 4.68. The average Bonchev–Trinajstić information content (AvgIpc) is 2.79. The van der Waals surface area contributed by atoms with Crippen LogP contribution in [0.5, 0.6) is 0 Å². The molecule has 10 nitrogen and oxygen atoms in total. The van der Waals surface area contributed by atoms with E-state index in [-0.39, 0.29) is 24.1 Å². The predicted octanol–water partition coefficient (Wildman–Crippen LogP) is 1.82. The molecule has 33 heavy (non-hydrogen) atoms. The maximum Gasteiger partial charge on any atom is 0.303 e. The molecule has 172 valence electrons. The minimum Gasteiger partial charge on any atom is -0.481 e. The number of anilines is 2. The van der Waals surface area contributed by atoms with Crippen molar-refractivity contribution in [3.8, 4) is 12.3 Å². The zero-order valence-electron chi connectivity index (χ0n) is 18.4. The Labute approximate surface area is 191 Å². The summed E-state index contributed by atoms with van der Waals surface area (Å²) in [6, 6.07) is 7.34. The summed E-state index contributed by atoms with van der Waals surface area (Å²) in [5, 5.41) is 11.0. The molecule has 1 atom stereocenters. The van der Waals surface area contributed by atoms with Crippen LogP contribution in [0.15, 0.2) is 30.5 Å². The minimum absolute atomic E-state index is 0.0494. The van der Waals surface area contributed by atoms with Gasteiger partial charge in [0.05, 0.1) is 11.9 Å². The molecule has 1 aromatic carbocycles. The van der Waals surface area contributed by atoms with Crippen molar-refractivity contribution in [2.75, 3.05) is 25.1 Å². The summed E-state index contributed by atoms with van der Waals surface area (Å²) in [7, 11) is 1.81. The summed E-state index contributed by atoms with van der Waals surface area (Å²) in [6.07, 6.45) is 10.1. The van der Waals surface area contributed by atoms with E-state index >= 15 is 0 Å². The number of fused-ring (bicyclic) bond motifs is 1. The van der Waals surface area contributed by atoms with Crippen molar-refractivity contribution in [1.29, 1.82) is 0 Å². The van der Waals surface area contributed by atoms with E-state index in [9.17, 15) is 9.59 Å². The van der Waals surface area contributed by atoms with Gasteiger partial charge in [0, 0.05) is 24.3 Å². The van der Waals surface area contributed by atoms with E-state index in [1.54, 1.807) is 18.3 Å². The molecule has 2 aromatic heterocycles. The third kappa shape index (κ3) is 7.83. The summed E-state index contributed by atoms with van der Waals surface area (Å²) in [4.78, 5) is 37.3. The number of nitrogens with zero attached hydrogens (tertiary/aromatic N) is 4. The Hall–Kier alpha value is -4.10. The molecule has 3 rings (SSSR count). The van der Waals surface area contributed by atoms with Crippen LogP contribution in [0.25, 0.3) is 11.2 Å². The maximum atomic E-state index is 10.8. The van der Waals surface area contributed by atoms with E-state index < -0.39 is 5.97 Å². The number of rotatable bonds is 9. The van der Waals surface area contributed by atoms with E-state index in [0.29, 0.717) is 36.0 Å². The average molecular weight is 450 g/mol. The molecule has 6 N–H and O–H groups in total. The van der Waals surface area contributed by atoms with Crippen molar-refractivity contribution < 1.29 is 14.7 Å².